The van der Waals surface area contributed by atoms with Crippen molar-refractivity contribution in [2.24, 2.45) is 4.99 Å². The Hall–Kier alpha value is -2.70. The molecule has 30 heavy (non-hydrogen) atoms. The molecular weight excluding hydrogens is 392 g/mol. The smallest absolute Gasteiger partial charge is 0.191 e. The molecule has 0 aliphatic heterocycles. The largest absolute Gasteiger partial charge is 0.372 e. The quantitative estimate of drug-likeness (QED) is 0.387. The summed E-state index contributed by atoms with van der Waals surface area (Å²) in [5, 5.41) is 7.77. The second-order valence-corrected chi connectivity index (χ2v) is 8.33. The molecule has 0 aliphatic carbocycles. The van der Waals surface area contributed by atoms with Crippen molar-refractivity contribution in [3.05, 3.63) is 86.9 Å². The summed E-state index contributed by atoms with van der Waals surface area (Å²) in [6.07, 6.45) is 0. The van der Waals surface area contributed by atoms with Crippen LogP contribution in [0.2, 0.25) is 0 Å². The number of rotatable bonds is 9. The highest BCUT2D eigenvalue weighted by Gasteiger charge is 2.06. The number of aromatic nitrogens is 1. The molecule has 0 atom stereocenters. The number of nitrogens with one attached hydrogen (secondary N) is 2. The summed E-state index contributed by atoms with van der Waals surface area (Å²) in [6, 6.07) is 18.6. The SMILES string of the molecule is CCNC(=NCc1ccccc1COCc1ccccc1)NCc1nc(C)c(C)s1. The summed E-state index contributed by atoms with van der Waals surface area (Å²) >= 11 is 1.73. The van der Waals surface area contributed by atoms with Gasteiger partial charge in [0.15, 0.2) is 5.96 Å². The molecule has 0 fully saturated rings. The van der Waals surface area contributed by atoms with Gasteiger partial charge in [-0.2, -0.15) is 0 Å². The van der Waals surface area contributed by atoms with Crippen LogP contribution in [0.5, 0.6) is 0 Å². The topological polar surface area (TPSA) is 58.5 Å². The summed E-state index contributed by atoms with van der Waals surface area (Å²) in [5.41, 5.74) is 4.62. The van der Waals surface area contributed by atoms with E-state index in [0.717, 1.165) is 23.2 Å². The van der Waals surface area contributed by atoms with Gasteiger partial charge in [-0.05, 0) is 37.5 Å². The van der Waals surface area contributed by atoms with Crippen molar-refractivity contribution in [2.45, 2.75) is 47.1 Å². The molecule has 0 spiro atoms. The first-order valence-corrected chi connectivity index (χ1v) is 11.1. The molecule has 0 aliphatic rings. The molecule has 0 bridgehead atoms. The lowest BCUT2D eigenvalue weighted by Crippen LogP contribution is -2.36. The lowest BCUT2D eigenvalue weighted by Gasteiger charge is -2.12. The Morgan fingerprint density at radius 1 is 0.967 bits per heavy atom. The molecule has 3 rings (SSSR count). The number of hydrogen-bond donors (Lipinski definition) is 2. The molecule has 0 amide bonds. The van der Waals surface area contributed by atoms with E-state index >= 15 is 0 Å². The Morgan fingerprint density at radius 2 is 1.70 bits per heavy atom. The number of aryl methyl sites for hydroxylation is 2. The molecular formula is C24H30N4OS. The van der Waals surface area contributed by atoms with E-state index in [-0.39, 0.29) is 0 Å². The van der Waals surface area contributed by atoms with Crippen LogP contribution < -0.4 is 10.6 Å². The van der Waals surface area contributed by atoms with Crippen LogP contribution in [-0.4, -0.2) is 17.5 Å². The Balaban J connectivity index is 1.59. The molecule has 0 saturated carbocycles. The van der Waals surface area contributed by atoms with Crippen LogP contribution >= 0.6 is 11.3 Å². The maximum atomic E-state index is 5.93. The van der Waals surface area contributed by atoms with Crippen LogP contribution in [-0.2, 0) is 31.0 Å². The fourth-order valence-electron chi connectivity index (χ4n) is 2.99. The molecule has 0 radical (unpaired) electrons. The van der Waals surface area contributed by atoms with Gasteiger partial charge in [-0.15, -0.1) is 11.3 Å². The first-order chi connectivity index (χ1) is 14.7. The van der Waals surface area contributed by atoms with Crippen molar-refractivity contribution in [3.63, 3.8) is 0 Å². The van der Waals surface area contributed by atoms with Crippen molar-refractivity contribution in [1.82, 2.24) is 15.6 Å². The number of nitrogens with zero attached hydrogens (tertiary/aromatic N) is 2. The maximum absolute atomic E-state index is 5.93. The van der Waals surface area contributed by atoms with Gasteiger partial charge in [0.1, 0.15) is 5.01 Å². The highest BCUT2D eigenvalue weighted by Crippen LogP contribution is 2.16. The van der Waals surface area contributed by atoms with E-state index in [2.05, 4.69) is 53.7 Å². The number of hydrogen-bond acceptors (Lipinski definition) is 4. The predicted molar refractivity (Wildman–Crippen MR) is 125 cm³/mol. The second-order valence-electron chi connectivity index (χ2n) is 7.05. The highest BCUT2D eigenvalue weighted by molar-refractivity contribution is 7.11. The second kappa shape index (κ2) is 11.5. The average Bonchev–Trinajstić information content (AvgIpc) is 3.09. The number of guanidine groups is 1. The molecule has 158 valence electrons. The number of ether oxygens (including phenoxy) is 1. The van der Waals surface area contributed by atoms with E-state index in [9.17, 15) is 0 Å². The maximum Gasteiger partial charge on any atom is 0.191 e. The third kappa shape index (κ3) is 6.68. The highest BCUT2D eigenvalue weighted by atomic mass is 32.1. The van der Waals surface area contributed by atoms with E-state index < -0.39 is 0 Å². The van der Waals surface area contributed by atoms with Crippen molar-refractivity contribution < 1.29 is 4.74 Å². The molecule has 0 unspecified atom stereocenters. The first kappa shape index (κ1) is 22.0. The zero-order valence-electron chi connectivity index (χ0n) is 17.9. The van der Waals surface area contributed by atoms with Gasteiger partial charge in [-0.25, -0.2) is 9.98 Å². The molecule has 2 N–H and O–H groups in total. The van der Waals surface area contributed by atoms with Gasteiger partial charge in [0.2, 0.25) is 0 Å². The first-order valence-electron chi connectivity index (χ1n) is 10.3. The fraction of sp³-hybridized carbons (Fsp3) is 0.333. The van der Waals surface area contributed by atoms with Gasteiger partial charge in [-0.1, -0.05) is 54.6 Å². The Kier molecular flexibility index (Phi) is 8.41. The van der Waals surface area contributed by atoms with Gasteiger partial charge < -0.3 is 15.4 Å². The monoisotopic (exact) mass is 422 g/mol. The number of aliphatic imine (C=N–C) groups is 1. The van der Waals surface area contributed by atoms with Crippen LogP contribution in [0.25, 0.3) is 0 Å². The predicted octanol–water partition coefficient (Wildman–Crippen LogP) is 4.73. The molecule has 1 heterocycles. The molecule has 3 aromatic rings. The summed E-state index contributed by atoms with van der Waals surface area (Å²) in [4.78, 5) is 10.6. The normalized spacial score (nSPS) is 11.5. The lowest BCUT2D eigenvalue weighted by molar-refractivity contribution is 0.106. The average molecular weight is 423 g/mol. The van der Waals surface area contributed by atoms with Gasteiger partial charge in [0.05, 0.1) is 32.0 Å². The zero-order chi connectivity index (χ0) is 21.2. The van der Waals surface area contributed by atoms with Crippen molar-refractivity contribution in [1.29, 1.82) is 0 Å². The van der Waals surface area contributed by atoms with Crippen molar-refractivity contribution in [2.75, 3.05) is 6.54 Å². The third-order valence-electron chi connectivity index (χ3n) is 4.72. The molecule has 0 saturated heterocycles. The van der Waals surface area contributed by atoms with E-state index in [0.29, 0.717) is 26.3 Å². The van der Waals surface area contributed by atoms with E-state index in [4.69, 9.17) is 9.73 Å². The third-order valence-corrected chi connectivity index (χ3v) is 5.79. The van der Waals surface area contributed by atoms with Crippen molar-refractivity contribution >= 4 is 17.3 Å². The summed E-state index contributed by atoms with van der Waals surface area (Å²) in [5.74, 6) is 0.794. The van der Waals surface area contributed by atoms with Crippen LogP contribution in [0.1, 0.15) is 39.2 Å². The summed E-state index contributed by atoms with van der Waals surface area (Å²) < 4.78 is 5.93. The molecule has 5 nitrogen and oxygen atoms in total. The minimum absolute atomic E-state index is 0.572. The standard InChI is InChI=1S/C24H30N4OS/c1-4-25-24(27-15-23-28-18(2)19(3)30-23)26-14-21-12-8-9-13-22(21)17-29-16-20-10-6-5-7-11-20/h5-13H,4,14-17H2,1-3H3,(H2,25,26,27). The zero-order valence-corrected chi connectivity index (χ0v) is 18.8. The lowest BCUT2D eigenvalue weighted by atomic mass is 10.1. The Bertz CT molecular complexity index is 933. The van der Waals surface area contributed by atoms with E-state index in [1.165, 1.54) is 21.6 Å². The number of thiazole rings is 1. The van der Waals surface area contributed by atoms with Gasteiger partial charge in [0, 0.05) is 11.4 Å². The van der Waals surface area contributed by atoms with Crippen LogP contribution in [0.15, 0.2) is 59.6 Å². The van der Waals surface area contributed by atoms with Gasteiger partial charge in [0.25, 0.3) is 0 Å². The van der Waals surface area contributed by atoms with Crippen LogP contribution in [0.3, 0.4) is 0 Å². The van der Waals surface area contributed by atoms with E-state index in [1.54, 1.807) is 11.3 Å². The summed E-state index contributed by atoms with van der Waals surface area (Å²) in [6.45, 7) is 9.47. The van der Waals surface area contributed by atoms with Gasteiger partial charge in [-0.3, -0.25) is 0 Å². The number of benzene rings is 2. The van der Waals surface area contributed by atoms with Crippen LogP contribution in [0, 0.1) is 13.8 Å². The van der Waals surface area contributed by atoms with Gasteiger partial charge >= 0.3 is 0 Å². The van der Waals surface area contributed by atoms with Crippen molar-refractivity contribution in [3.8, 4) is 0 Å². The summed E-state index contributed by atoms with van der Waals surface area (Å²) in [7, 11) is 0. The minimum atomic E-state index is 0.572. The Morgan fingerprint density at radius 3 is 2.40 bits per heavy atom. The molecule has 6 heteroatoms. The molecule has 2 aromatic carbocycles. The van der Waals surface area contributed by atoms with E-state index in [1.807, 2.05) is 37.3 Å². The minimum Gasteiger partial charge on any atom is -0.372 e. The molecule has 1 aromatic heterocycles. The van der Waals surface area contributed by atoms with Crippen LogP contribution in [0.4, 0.5) is 0 Å². The fourth-order valence-corrected chi connectivity index (χ4v) is 3.86. The Labute approximate surface area is 183 Å².